The van der Waals surface area contributed by atoms with Crippen LogP contribution < -0.4 is 5.32 Å². The van der Waals surface area contributed by atoms with Crippen molar-refractivity contribution in [1.82, 2.24) is 5.32 Å². The van der Waals surface area contributed by atoms with Gasteiger partial charge in [-0.3, -0.25) is 4.21 Å². The third-order valence-electron chi connectivity index (χ3n) is 2.75. The molecule has 2 atom stereocenters. The van der Waals surface area contributed by atoms with Gasteiger partial charge in [0.25, 0.3) is 0 Å². The van der Waals surface area contributed by atoms with Crippen molar-refractivity contribution >= 4 is 26.7 Å². The molecule has 0 aliphatic carbocycles. The van der Waals surface area contributed by atoms with Crippen molar-refractivity contribution in [2.24, 2.45) is 0 Å². The van der Waals surface area contributed by atoms with E-state index in [-0.39, 0.29) is 6.04 Å². The number of halogens is 1. The molecule has 2 rings (SSSR count). The number of rotatable bonds is 6. The largest absolute Gasteiger partial charge is 0.453 e. The van der Waals surface area contributed by atoms with E-state index in [0.717, 1.165) is 16.0 Å². The maximum absolute atomic E-state index is 11.5. The lowest BCUT2D eigenvalue weighted by Crippen LogP contribution is -2.25. The molecule has 0 fully saturated rings. The summed E-state index contributed by atoms with van der Waals surface area (Å²) < 4.78 is 17.7. The summed E-state index contributed by atoms with van der Waals surface area (Å²) in [5.74, 6) is 1.45. The number of nitrogens with one attached hydrogen (secondary N) is 1. The van der Waals surface area contributed by atoms with Crippen molar-refractivity contribution < 1.29 is 8.63 Å². The summed E-state index contributed by atoms with van der Waals surface area (Å²) in [4.78, 5) is 0. The predicted octanol–water partition coefficient (Wildman–Crippen LogP) is 3.25. The van der Waals surface area contributed by atoms with Gasteiger partial charge >= 0.3 is 0 Å². The molecule has 1 N–H and O–H groups in total. The van der Waals surface area contributed by atoms with Crippen LogP contribution in [-0.2, 0) is 17.3 Å². The van der Waals surface area contributed by atoms with E-state index >= 15 is 0 Å². The minimum Gasteiger partial charge on any atom is -0.453 e. The van der Waals surface area contributed by atoms with E-state index in [9.17, 15) is 4.21 Å². The van der Waals surface area contributed by atoms with Crippen LogP contribution in [0.4, 0.5) is 0 Å². The smallest absolute Gasteiger partial charge is 0.169 e. The van der Waals surface area contributed by atoms with Crippen LogP contribution in [0.1, 0.15) is 17.4 Å². The lowest BCUT2D eigenvalue weighted by Gasteiger charge is -2.17. The van der Waals surface area contributed by atoms with Gasteiger partial charge in [-0.25, -0.2) is 0 Å². The SMILES string of the molecule is CS(=O)CC(NCc1ccc(Br)o1)c1ccccc1. The first-order chi connectivity index (χ1) is 9.15. The fourth-order valence-electron chi connectivity index (χ4n) is 1.86. The zero-order valence-corrected chi connectivity index (χ0v) is 13.0. The minimum absolute atomic E-state index is 0.0657. The van der Waals surface area contributed by atoms with Gasteiger partial charge in [0.2, 0.25) is 0 Å². The summed E-state index contributed by atoms with van der Waals surface area (Å²) in [5.41, 5.74) is 1.14. The zero-order chi connectivity index (χ0) is 13.7. The Morgan fingerprint density at radius 2 is 2.00 bits per heavy atom. The second-order valence-electron chi connectivity index (χ2n) is 4.29. The topological polar surface area (TPSA) is 42.2 Å². The van der Waals surface area contributed by atoms with E-state index in [2.05, 4.69) is 21.2 Å². The van der Waals surface area contributed by atoms with Crippen LogP contribution in [0.5, 0.6) is 0 Å². The monoisotopic (exact) mass is 341 g/mol. The second kappa shape index (κ2) is 7.03. The van der Waals surface area contributed by atoms with Crippen molar-refractivity contribution in [2.45, 2.75) is 12.6 Å². The van der Waals surface area contributed by atoms with Crippen molar-refractivity contribution in [3.8, 4) is 0 Å². The van der Waals surface area contributed by atoms with Crippen molar-refractivity contribution in [1.29, 1.82) is 0 Å². The van der Waals surface area contributed by atoms with Crippen LogP contribution >= 0.6 is 15.9 Å². The molecule has 2 aromatic rings. The Labute approximate surface area is 124 Å². The normalized spacial score (nSPS) is 14.2. The molecule has 0 aliphatic heterocycles. The van der Waals surface area contributed by atoms with E-state index in [1.54, 1.807) is 6.26 Å². The van der Waals surface area contributed by atoms with Gasteiger partial charge in [-0.05, 0) is 33.6 Å². The van der Waals surface area contributed by atoms with Crippen LogP contribution in [0, 0.1) is 0 Å². The molecule has 0 amide bonds. The molecule has 0 bridgehead atoms. The van der Waals surface area contributed by atoms with Gasteiger partial charge in [-0.1, -0.05) is 30.3 Å². The van der Waals surface area contributed by atoms with Gasteiger partial charge in [0.15, 0.2) is 4.67 Å². The number of hydrogen-bond acceptors (Lipinski definition) is 3. The van der Waals surface area contributed by atoms with Gasteiger partial charge < -0.3 is 9.73 Å². The van der Waals surface area contributed by atoms with Crippen LogP contribution in [0.2, 0.25) is 0 Å². The Morgan fingerprint density at radius 3 is 2.58 bits per heavy atom. The minimum atomic E-state index is -0.851. The van der Waals surface area contributed by atoms with Crippen LogP contribution in [0.3, 0.4) is 0 Å². The highest BCUT2D eigenvalue weighted by atomic mass is 79.9. The Kier molecular flexibility index (Phi) is 5.36. The van der Waals surface area contributed by atoms with Crippen molar-refractivity contribution in [3.63, 3.8) is 0 Å². The number of furan rings is 1. The predicted molar refractivity (Wildman–Crippen MR) is 81.4 cm³/mol. The molecule has 0 spiro atoms. The fraction of sp³-hybridized carbons (Fsp3) is 0.286. The molecule has 0 saturated heterocycles. The van der Waals surface area contributed by atoms with E-state index in [0.29, 0.717) is 12.3 Å². The summed E-state index contributed by atoms with van der Waals surface area (Å²) in [6.07, 6.45) is 1.72. The Hall–Kier alpha value is -0.910. The van der Waals surface area contributed by atoms with E-state index in [4.69, 9.17) is 4.42 Å². The van der Waals surface area contributed by atoms with Crippen LogP contribution in [0.15, 0.2) is 51.6 Å². The molecule has 0 radical (unpaired) electrons. The first-order valence-corrected chi connectivity index (χ1v) is 8.50. The van der Waals surface area contributed by atoms with Crippen molar-refractivity contribution in [2.75, 3.05) is 12.0 Å². The maximum Gasteiger partial charge on any atom is 0.169 e. The molecule has 0 saturated carbocycles. The Balaban J connectivity index is 2.04. The Morgan fingerprint density at radius 1 is 1.26 bits per heavy atom. The summed E-state index contributed by atoms with van der Waals surface area (Å²) >= 11 is 3.28. The van der Waals surface area contributed by atoms with E-state index in [1.807, 2.05) is 42.5 Å². The maximum atomic E-state index is 11.5. The Bertz CT molecular complexity index is 541. The highest BCUT2D eigenvalue weighted by Gasteiger charge is 2.13. The van der Waals surface area contributed by atoms with Gasteiger partial charge in [0, 0.05) is 28.9 Å². The molecule has 102 valence electrons. The first-order valence-electron chi connectivity index (χ1n) is 5.97. The molecule has 1 aromatic carbocycles. The lowest BCUT2D eigenvalue weighted by atomic mass is 10.1. The van der Waals surface area contributed by atoms with Crippen molar-refractivity contribution in [3.05, 3.63) is 58.5 Å². The zero-order valence-electron chi connectivity index (χ0n) is 10.6. The molecule has 0 aliphatic rings. The third-order valence-corrected chi connectivity index (χ3v) is 3.98. The number of benzene rings is 1. The lowest BCUT2D eigenvalue weighted by molar-refractivity contribution is 0.447. The summed E-state index contributed by atoms with van der Waals surface area (Å²) in [6.45, 7) is 0.613. The van der Waals surface area contributed by atoms with Gasteiger partial charge in [0.1, 0.15) is 5.76 Å². The molecule has 1 aromatic heterocycles. The molecular formula is C14H16BrNO2S. The summed E-state index contributed by atoms with van der Waals surface area (Å²) in [5, 5.41) is 3.39. The second-order valence-corrected chi connectivity index (χ2v) is 6.55. The average Bonchev–Trinajstić information content (AvgIpc) is 2.81. The molecule has 1 heterocycles. The molecule has 5 heteroatoms. The molecule has 2 unspecified atom stereocenters. The summed E-state index contributed by atoms with van der Waals surface area (Å²) in [6, 6.07) is 13.9. The third kappa shape index (κ3) is 4.60. The first kappa shape index (κ1) is 14.5. The quantitative estimate of drug-likeness (QED) is 0.876. The molecule has 19 heavy (non-hydrogen) atoms. The average molecular weight is 342 g/mol. The standard InChI is InChI=1S/C14H16BrNO2S/c1-19(17)10-13(11-5-3-2-4-6-11)16-9-12-7-8-14(15)18-12/h2-8,13,16H,9-10H2,1H3. The van der Waals surface area contributed by atoms with Gasteiger partial charge in [-0.2, -0.15) is 0 Å². The van der Waals surface area contributed by atoms with E-state index < -0.39 is 10.8 Å². The van der Waals surface area contributed by atoms with Gasteiger partial charge in [-0.15, -0.1) is 0 Å². The van der Waals surface area contributed by atoms with Crippen LogP contribution in [-0.4, -0.2) is 16.2 Å². The van der Waals surface area contributed by atoms with E-state index in [1.165, 1.54) is 0 Å². The fourth-order valence-corrected chi connectivity index (χ4v) is 2.98. The number of hydrogen-bond donors (Lipinski definition) is 1. The molecule has 3 nitrogen and oxygen atoms in total. The highest BCUT2D eigenvalue weighted by Crippen LogP contribution is 2.17. The van der Waals surface area contributed by atoms with Crippen LogP contribution in [0.25, 0.3) is 0 Å². The van der Waals surface area contributed by atoms with Gasteiger partial charge in [0.05, 0.1) is 6.54 Å². The molecular weight excluding hydrogens is 326 g/mol. The highest BCUT2D eigenvalue weighted by molar-refractivity contribution is 9.10. The summed E-state index contributed by atoms with van der Waals surface area (Å²) in [7, 11) is -0.851.